The van der Waals surface area contributed by atoms with Crippen LogP contribution in [0, 0.1) is 5.92 Å². The van der Waals surface area contributed by atoms with Crippen LogP contribution in [-0.4, -0.2) is 61.9 Å². The number of carbonyl (C=O) groups is 2. The Kier molecular flexibility index (Phi) is 7.28. The van der Waals surface area contributed by atoms with Gasteiger partial charge in [-0.2, -0.15) is 0 Å². The Morgan fingerprint density at radius 3 is 2.61 bits per heavy atom. The summed E-state index contributed by atoms with van der Waals surface area (Å²) in [6.07, 6.45) is 4.49. The van der Waals surface area contributed by atoms with Gasteiger partial charge >= 0.3 is 0 Å². The monoisotopic (exact) mass is 385 g/mol. The number of likely N-dealkylation sites (tertiary alicyclic amines) is 1. The Morgan fingerprint density at radius 2 is 1.96 bits per heavy atom. The lowest BCUT2D eigenvalue weighted by Crippen LogP contribution is -2.53. The van der Waals surface area contributed by atoms with E-state index in [1.54, 1.807) is 7.05 Å². The number of aliphatic imine (C=N–C) groups is 1. The molecule has 2 heterocycles. The van der Waals surface area contributed by atoms with Crippen molar-refractivity contribution in [1.82, 2.24) is 20.9 Å². The van der Waals surface area contributed by atoms with E-state index in [-0.39, 0.29) is 24.4 Å². The van der Waals surface area contributed by atoms with Crippen molar-refractivity contribution in [1.29, 1.82) is 0 Å². The van der Waals surface area contributed by atoms with Gasteiger partial charge in [0.25, 0.3) is 0 Å². The second kappa shape index (κ2) is 10.1. The molecule has 0 radical (unpaired) electrons. The second-order valence-electron chi connectivity index (χ2n) is 7.62. The van der Waals surface area contributed by atoms with Crippen LogP contribution >= 0.6 is 0 Å². The maximum Gasteiger partial charge on any atom is 0.241 e. The highest BCUT2D eigenvalue weighted by Crippen LogP contribution is 2.21. The van der Waals surface area contributed by atoms with Crippen molar-refractivity contribution >= 4 is 17.8 Å². The van der Waals surface area contributed by atoms with E-state index in [0.717, 1.165) is 38.8 Å². The van der Waals surface area contributed by atoms with Crippen LogP contribution in [0.15, 0.2) is 35.3 Å². The van der Waals surface area contributed by atoms with Crippen LogP contribution in [0.1, 0.15) is 31.2 Å². The predicted molar refractivity (Wildman–Crippen MR) is 110 cm³/mol. The Balaban J connectivity index is 1.37. The molecule has 28 heavy (non-hydrogen) atoms. The van der Waals surface area contributed by atoms with Crippen molar-refractivity contribution in [3.8, 4) is 0 Å². The summed E-state index contributed by atoms with van der Waals surface area (Å²) in [5.74, 6) is 1.45. The standard InChI is InChI=1S/C21H31N5O2/c1-22-21(25-18-7-8-19(27)23-14-18)24-15-20(28)26-11-9-17(10-12-26)13-16-5-3-2-4-6-16/h2-6,17-18H,7-15H2,1H3,(H,23,27)(H2,22,24,25). The van der Waals surface area contributed by atoms with E-state index in [9.17, 15) is 9.59 Å². The van der Waals surface area contributed by atoms with E-state index in [0.29, 0.717) is 24.8 Å². The predicted octanol–water partition coefficient (Wildman–Crippen LogP) is 0.911. The highest BCUT2D eigenvalue weighted by Gasteiger charge is 2.23. The van der Waals surface area contributed by atoms with Gasteiger partial charge in [-0.3, -0.25) is 14.6 Å². The number of nitrogens with zero attached hydrogens (tertiary/aromatic N) is 2. The van der Waals surface area contributed by atoms with Gasteiger partial charge in [-0.05, 0) is 37.2 Å². The normalized spacial score (nSPS) is 21.2. The fraction of sp³-hybridized carbons (Fsp3) is 0.571. The molecule has 1 aromatic rings. The number of benzene rings is 1. The molecule has 1 aromatic carbocycles. The summed E-state index contributed by atoms with van der Waals surface area (Å²) >= 11 is 0. The minimum absolute atomic E-state index is 0.0897. The van der Waals surface area contributed by atoms with E-state index >= 15 is 0 Å². The first-order valence-corrected chi connectivity index (χ1v) is 10.2. The van der Waals surface area contributed by atoms with Gasteiger partial charge in [-0.15, -0.1) is 0 Å². The van der Waals surface area contributed by atoms with Crippen molar-refractivity contribution in [3.63, 3.8) is 0 Å². The molecular weight excluding hydrogens is 354 g/mol. The Labute approximate surface area is 167 Å². The number of piperidine rings is 2. The molecule has 2 amide bonds. The van der Waals surface area contributed by atoms with Gasteiger partial charge in [0, 0.05) is 39.1 Å². The molecule has 7 heteroatoms. The summed E-state index contributed by atoms with van der Waals surface area (Å²) in [6, 6.07) is 10.7. The highest BCUT2D eigenvalue weighted by atomic mass is 16.2. The molecule has 152 valence electrons. The van der Waals surface area contributed by atoms with Crippen molar-refractivity contribution < 1.29 is 9.59 Å². The number of carbonyl (C=O) groups excluding carboxylic acids is 2. The molecule has 1 atom stereocenters. The Bertz CT molecular complexity index is 673. The zero-order chi connectivity index (χ0) is 19.8. The molecule has 3 rings (SSSR count). The van der Waals surface area contributed by atoms with Crippen molar-refractivity contribution in [2.45, 2.75) is 38.1 Å². The first kappa shape index (κ1) is 20.2. The minimum Gasteiger partial charge on any atom is -0.354 e. The number of hydrogen-bond donors (Lipinski definition) is 3. The number of rotatable bonds is 5. The zero-order valence-electron chi connectivity index (χ0n) is 16.6. The first-order chi connectivity index (χ1) is 13.6. The molecule has 2 fully saturated rings. The molecule has 0 spiro atoms. The second-order valence-corrected chi connectivity index (χ2v) is 7.62. The molecule has 0 saturated carbocycles. The SMILES string of the molecule is CN=C(NCC(=O)N1CCC(Cc2ccccc2)CC1)NC1CCC(=O)NC1. The van der Waals surface area contributed by atoms with E-state index in [1.165, 1.54) is 5.56 Å². The summed E-state index contributed by atoms with van der Waals surface area (Å²) in [5.41, 5.74) is 1.38. The molecular formula is C21H31N5O2. The van der Waals surface area contributed by atoms with Crippen molar-refractivity contribution in [2.24, 2.45) is 10.9 Å². The quantitative estimate of drug-likeness (QED) is 0.520. The third-order valence-electron chi connectivity index (χ3n) is 5.57. The summed E-state index contributed by atoms with van der Waals surface area (Å²) < 4.78 is 0. The number of guanidine groups is 1. The number of nitrogens with one attached hydrogen (secondary N) is 3. The third-order valence-corrected chi connectivity index (χ3v) is 5.57. The van der Waals surface area contributed by atoms with E-state index in [2.05, 4.69) is 45.2 Å². The average molecular weight is 386 g/mol. The van der Waals surface area contributed by atoms with Crippen molar-refractivity contribution in [2.75, 3.05) is 33.2 Å². The first-order valence-electron chi connectivity index (χ1n) is 10.2. The summed E-state index contributed by atoms with van der Waals surface area (Å²) in [7, 11) is 1.69. The molecule has 0 bridgehead atoms. The maximum absolute atomic E-state index is 12.5. The molecule has 2 saturated heterocycles. The lowest BCUT2D eigenvalue weighted by atomic mass is 9.90. The largest absolute Gasteiger partial charge is 0.354 e. The summed E-state index contributed by atoms with van der Waals surface area (Å²) in [5, 5.41) is 9.22. The molecule has 2 aliphatic heterocycles. The van der Waals surface area contributed by atoms with Crippen LogP contribution in [0.25, 0.3) is 0 Å². The molecule has 2 aliphatic rings. The average Bonchev–Trinajstić information content (AvgIpc) is 2.73. The topological polar surface area (TPSA) is 85.8 Å². The third kappa shape index (κ3) is 5.97. The number of hydrogen-bond acceptors (Lipinski definition) is 3. The van der Waals surface area contributed by atoms with E-state index in [1.807, 2.05) is 11.0 Å². The van der Waals surface area contributed by atoms with E-state index < -0.39 is 0 Å². The molecule has 0 aromatic heterocycles. The highest BCUT2D eigenvalue weighted by molar-refractivity contribution is 5.87. The van der Waals surface area contributed by atoms with Gasteiger partial charge in [-0.1, -0.05) is 30.3 Å². The van der Waals surface area contributed by atoms with Gasteiger partial charge in [-0.25, -0.2) is 0 Å². The lowest BCUT2D eigenvalue weighted by Gasteiger charge is -2.32. The smallest absolute Gasteiger partial charge is 0.241 e. The van der Waals surface area contributed by atoms with Crippen LogP contribution in [0.5, 0.6) is 0 Å². The fourth-order valence-electron chi connectivity index (χ4n) is 3.85. The maximum atomic E-state index is 12.5. The minimum atomic E-state index is 0.0897. The van der Waals surface area contributed by atoms with Crippen LogP contribution in [0.4, 0.5) is 0 Å². The Morgan fingerprint density at radius 1 is 1.21 bits per heavy atom. The summed E-state index contributed by atoms with van der Waals surface area (Å²) in [4.78, 5) is 29.9. The van der Waals surface area contributed by atoms with Crippen LogP contribution < -0.4 is 16.0 Å². The van der Waals surface area contributed by atoms with Crippen molar-refractivity contribution in [3.05, 3.63) is 35.9 Å². The summed E-state index contributed by atoms with van der Waals surface area (Å²) in [6.45, 7) is 2.46. The molecule has 1 unspecified atom stereocenters. The van der Waals surface area contributed by atoms with Gasteiger partial charge in [0.05, 0.1) is 6.54 Å². The van der Waals surface area contributed by atoms with Crippen LogP contribution in [-0.2, 0) is 16.0 Å². The molecule has 0 aliphatic carbocycles. The zero-order valence-corrected chi connectivity index (χ0v) is 16.6. The van der Waals surface area contributed by atoms with Gasteiger partial charge in [0.2, 0.25) is 11.8 Å². The lowest BCUT2D eigenvalue weighted by molar-refractivity contribution is -0.131. The van der Waals surface area contributed by atoms with Gasteiger partial charge in [0.15, 0.2) is 5.96 Å². The van der Waals surface area contributed by atoms with Gasteiger partial charge in [0.1, 0.15) is 0 Å². The number of amides is 2. The Hall–Kier alpha value is -2.57. The van der Waals surface area contributed by atoms with Crippen LogP contribution in [0.2, 0.25) is 0 Å². The molecule has 7 nitrogen and oxygen atoms in total. The van der Waals surface area contributed by atoms with Gasteiger partial charge < -0.3 is 20.9 Å². The van der Waals surface area contributed by atoms with E-state index in [4.69, 9.17) is 0 Å². The molecule has 3 N–H and O–H groups in total. The van der Waals surface area contributed by atoms with Crippen LogP contribution in [0.3, 0.4) is 0 Å². The fourth-order valence-corrected chi connectivity index (χ4v) is 3.85.